The molecule has 0 aliphatic carbocycles. The fourth-order valence-electron chi connectivity index (χ4n) is 1.32. The van der Waals surface area contributed by atoms with Crippen LogP contribution in [-0.2, 0) is 0 Å². The van der Waals surface area contributed by atoms with Crippen LogP contribution in [0.15, 0.2) is 21.2 Å². The van der Waals surface area contributed by atoms with Gasteiger partial charge in [0.05, 0.1) is 4.47 Å². The van der Waals surface area contributed by atoms with Crippen molar-refractivity contribution in [2.45, 2.75) is 25.7 Å². The van der Waals surface area contributed by atoms with Crippen LogP contribution in [0.3, 0.4) is 0 Å². The number of anilines is 1. The summed E-state index contributed by atoms with van der Waals surface area (Å²) in [6.45, 7) is 0.954. The molecule has 16 heavy (non-hydrogen) atoms. The SMILES string of the molecule is ClCCCCCCNc1ncc(Br)cc1Br. The minimum atomic E-state index is 0.771. The monoisotopic (exact) mass is 368 g/mol. The molecule has 0 atom stereocenters. The smallest absolute Gasteiger partial charge is 0.140 e. The van der Waals surface area contributed by atoms with Crippen LogP contribution >= 0.6 is 43.5 Å². The Morgan fingerprint density at radius 3 is 2.62 bits per heavy atom. The van der Waals surface area contributed by atoms with Crippen molar-refractivity contribution in [3.8, 4) is 0 Å². The maximum absolute atomic E-state index is 5.61. The second-order valence-corrected chi connectivity index (χ2v) is 5.66. The highest BCUT2D eigenvalue weighted by Gasteiger charge is 2.00. The highest BCUT2D eigenvalue weighted by molar-refractivity contribution is 9.11. The highest BCUT2D eigenvalue weighted by Crippen LogP contribution is 2.23. The molecule has 0 unspecified atom stereocenters. The minimum absolute atomic E-state index is 0.771. The lowest BCUT2D eigenvalue weighted by Crippen LogP contribution is -2.03. The molecule has 1 aromatic heterocycles. The third-order valence-corrected chi connectivity index (χ3v) is 3.47. The number of hydrogen-bond donors (Lipinski definition) is 1. The minimum Gasteiger partial charge on any atom is -0.369 e. The average molecular weight is 371 g/mol. The van der Waals surface area contributed by atoms with Gasteiger partial charge in [-0.15, -0.1) is 11.6 Å². The van der Waals surface area contributed by atoms with Gasteiger partial charge in [-0.1, -0.05) is 12.8 Å². The number of unbranched alkanes of at least 4 members (excludes halogenated alkanes) is 3. The van der Waals surface area contributed by atoms with E-state index >= 15 is 0 Å². The van der Waals surface area contributed by atoms with Gasteiger partial charge in [0, 0.05) is 23.1 Å². The van der Waals surface area contributed by atoms with Crippen LogP contribution in [0.4, 0.5) is 5.82 Å². The van der Waals surface area contributed by atoms with Crippen LogP contribution in [0.5, 0.6) is 0 Å². The van der Waals surface area contributed by atoms with E-state index in [0.717, 1.165) is 40.0 Å². The van der Waals surface area contributed by atoms with Gasteiger partial charge in [0.1, 0.15) is 5.82 Å². The first-order valence-electron chi connectivity index (χ1n) is 5.35. The Bertz CT molecular complexity index is 321. The van der Waals surface area contributed by atoms with Crippen molar-refractivity contribution in [3.63, 3.8) is 0 Å². The second kappa shape index (κ2) is 8.31. The number of aromatic nitrogens is 1. The van der Waals surface area contributed by atoms with Crippen LogP contribution in [-0.4, -0.2) is 17.4 Å². The van der Waals surface area contributed by atoms with E-state index in [2.05, 4.69) is 42.2 Å². The molecule has 0 aromatic carbocycles. The average Bonchev–Trinajstić information content (AvgIpc) is 2.26. The summed E-state index contributed by atoms with van der Waals surface area (Å²) in [7, 11) is 0. The fraction of sp³-hybridized carbons (Fsp3) is 0.545. The molecule has 0 fully saturated rings. The normalized spacial score (nSPS) is 10.4. The number of alkyl halides is 1. The lowest BCUT2D eigenvalue weighted by atomic mass is 10.2. The Morgan fingerprint density at radius 1 is 1.19 bits per heavy atom. The summed E-state index contributed by atoms with van der Waals surface area (Å²) in [4.78, 5) is 4.29. The van der Waals surface area contributed by atoms with Gasteiger partial charge in [0.15, 0.2) is 0 Å². The zero-order valence-corrected chi connectivity index (χ0v) is 12.9. The Morgan fingerprint density at radius 2 is 1.94 bits per heavy atom. The van der Waals surface area contributed by atoms with Gasteiger partial charge in [0.25, 0.3) is 0 Å². The number of halogens is 3. The molecule has 0 bridgehead atoms. The van der Waals surface area contributed by atoms with Gasteiger partial charge < -0.3 is 5.32 Å². The second-order valence-electron chi connectivity index (χ2n) is 3.51. The Balaban J connectivity index is 2.21. The number of nitrogens with one attached hydrogen (secondary N) is 1. The summed E-state index contributed by atoms with van der Waals surface area (Å²) in [6, 6.07) is 1.99. The molecule has 1 heterocycles. The summed E-state index contributed by atoms with van der Waals surface area (Å²) in [5.74, 6) is 1.67. The van der Waals surface area contributed by atoms with Crippen molar-refractivity contribution < 1.29 is 0 Å². The third kappa shape index (κ3) is 5.51. The molecule has 1 N–H and O–H groups in total. The van der Waals surface area contributed by atoms with Gasteiger partial charge in [-0.25, -0.2) is 4.98 Å². The molecule has 0 aliphatic heterocycles. The zero-order valence-electron chi connectivity index (χ0n) is 8.98. The molecule has 0 spiro atoms. The van der Waals surface area contributed by atoms with E-state index in [0.29, 0.717) is 0 Å². The lowest BCUT2D eigenvalue weighted by molar-refractivity contribution is 0.686. The van der Waals surface area contributed by atoms with E-state index in [4.69, 9.17) is 11.6 Å². The third-order valence-electron chi connectivity index (χ3n) is 2.16. The predicted molar refractivity (Wildman–Crippen MR) is 77.3 cm³/mol. The standard InChI is InChI=1S/C11H15Br2ClN2/c12-9-7-10(13)11(16-8-9)15-6-4-2-1-3-5-14/h7-8H,1-6H2,(H,15,16). The molecule has 0 saturated carbocycles. The number of rotatable bonds is 7. The lowest BCUT2D eigenvalue weighted by Gasteiger charge is -2.07. The number of pyridine rings is 1. The molecule has 5 heteroatoms. The highest BCUT2D eigenvalue weighted by atomic mass is 79.9. The Hall–Kier alpha value is 0.200. The van der Waals surface area contributed by atoms with Gasteiger partial charge in [-0.05, 0) is 50.8 Å². The van der Waals surface area contributed by atoms with E-state index < -0.39 is 0 Å². The molecular weight excluding hydrogens is 355 g/mol. The van der Waals surface area contributed by atoms with Gasteiger partial charge >= 0.3 is 0 Å². The summed E-state index contributed by atoms with van der Waals surface area (Å²) in [5.41, 5.74) is 0. The van der Waals surface area contributed by atoms with Crippen LogP contribution in [0.25, 0.3) is 0 Å². The van der Waals surface area contributed by atoms with Crippen LogP contribution in [0.2, 0.25) is 0 Å². The van der Waals surface area contributed by atoms with E-state index in [-0.39, 0.29) is 0 Å². The van der Waals surface area contributed by atoms with Crippen molar-refractivity contribution in [1.29, 1.82) is 0 Å². The summed E-state index contributed by atoms with van der Waals surface area (Å²) < 4.78 is 1.97. The Labute approximate surface area is 118 Å². The van der Waals surface area contributed by atoms with Crippen LogP contribution < -0.4 is 5.32 Å². The molecule has 2 nitrogen and oxygen atoms in total. The van der Waals surface area contributed by atoms with E-state index in [1.54, 1.807) is 6.20 Å². The molecule has 0 amide bonds. The summed E-state index contributed by atoms with van der Waals surface area (Å²) >= 11 is 12.5. The molecule has 90 valence electrons. The number of nitrogens with zero attached hydrogens (tertiary/aromatic N) is 1. The number of hydrogen-bond acceptors (Lipinski definition) is 2. The topological polar surface area (TPSA) is 24.9 Å². The first kappa shape index (κ1) is 14.3. The van der Waals surface area contributed by atoms with Gasteiger partial charge in [-0.3, -0.25) is 0 Å². The summed E-state index contributed by atoms with van der Waals surface area (Å²) in [5, 5.41) is 3.31. The van der Waals surface area contributed by atoms with Crippen LogP contribution in [0, 0.1) is 0 Å². The first-order valence-corrected chi connectivity index (χ1v) is 7.47. The zero-order chi connectivity index (χ0) is 11.8. The molecule has 1 aromatic rings. The molecular formula is C11H15Br2ClN2. The summed E-state index contributed by atoms with van der Waals surface area (Å²) in [6.07, 6.45) is 6.48. The molecule has 0 aliphatic rings. The van der Waals surface area contributed by atoms with E-state index in [1.807, 2.05) is 6.07 Å². The molecule has 0 radical (unpaired) electrons. The first-order chi connectivity index (χ1) is 7.74. The van der Waals surface area contributed by atoms with Crippen molar-refractivity contribution >= 4 is 49.3 Å². The maximum Gasteiger partial charge on any atom is 0.140 e. The maximum atomic E-state index is 5.61. The predicted octanol–water partition coefficient (Wildman–Crippen LogP) is 4.82. The quantitative estimate of drug-likeness (QED) is 0.550. The van der Waals surface area contributed by atoms with Gasteiger partial charge in [0.2, 0.25) is 0 Å². The van der Waals surface area contributed by atoms with Gasteiger partial charge in [-0.2, -0.15) is 0 Å². The van der Waals surface area contributed by atoms with Crippen molar-refractivity contribution in [2.24, 2.45) is 0 Å². The van der Waals surface area contributed by atoms with Crippen molar-refractivity contribution in [2.75, 3.05) is 17.7 Å². The van der Waals surface area contributed by atoms with Crippen molar-refractivity contribution in [3.05, 3.63) is 21.2 Å². The molecule has 1 rings (SSSR count). The Kier molecular flexibility index (Phi) is 7.41. The van der Waals surface area contributed by atoms with Crippen LogP contribution in [0.1, 0.15) is 25.7 Å². The van der Waals surface area contributed by atoms with E-state index in [9.17, 15) is 0 Å². The largest absolute Gasteiger partial charge is 0.369 e. The fourth-order valence-corrected chi connectivity index (χ4v) is 2.64. The van der Waals surface area contributed by atoms with E-state index in [1.165, 1.54) is 12.8 Å². The van der Waals surface area contributed by atoms with Crippen molar-refractivity contribution in [1.82, 2.24) is 4.98 Å². The molecule has 0 saturated heterocycles.